The Hall–Kier alpha value is -2.95. The van der Waals surface area contributed by atoms with Crippen LogP contribution in [0.4, 0.5) is 0 Å². The zero-order chi connectivity index (χ0) is 18.8. The maximum absolute atomic E-state index is 11.5. The SMILES string of the molecule is CC(=O)Oc1c(C)c(C)nc(C)c1Cc1cc(-c2ccc(C)cc2)on1. The monoisotopic (exact) mass is 350 g/mol. The van der Waals surface area contributed by atoms with Crippen molar-refractivity contribution in [3.63, 3.8) is 0 Å². The van der Waals surface area contributed by atoms with Crippen molar-refractivity contribution in [2.75, 3.05) is 0 Å². The minimum atomic E-state index is -0.347. The van der Waals surface area contributed by atoms with Crippen molar-refractivity contribution in [3.05, 3.63) is 64.1 Å². The van der Waals surface area contributed by atoms with E-state index in [0.717, 1.165) is 33.8 Å². The van der Waals surface area contributed by atoms with E-state index >= 15 is 0 Å². The predicted molar refractivity (Wildman–Crippen MR) is 99.2 cm³/mol. The van der Waals surface area contributed by atoms with Gasteiger partial charge in [0.05, 0.1) is 5.69 Å². The molecule has 26 heavy (non-hydrogen) atoms. The maximum Gasteiger partial charge on any atom is 0.308 e. The fraction of sp³-hybridized carbons (Fsp3) is 0.286. The lowest BCUT2D eigenvalue weighted by molar-refractivity contribution is -0.132. The summed E-state index contributed by atoms with van der Waals surface area (Å²) in [6, 6.07) is 10.00. The maximum atomic E-state index is 11.5. The number of aryl methyl sites for hydroxylation is 3. The molecule has 1 aromatic carbocycles. The molecule has 0 unspecified atom stereocenters. The molecule has 0 aliphatic heterocycles. The highest BCUT2D eigenvalue weighted by atomic mass is 16.5. The van der Waals surface area contributed by atoms with Crippen molar-refractivity contribution in [1.82, 2.24) is 10.1 Å². The molecule has 5 nitrogen and oxygen atoms in total. The lowest BCUT2D eigenvalue weighted by Gasteiger charge is -2.15. The topological polar surface area (TPSA) is 65.2 Å². The van der Waals surface area contributed by atoms with E-state index in [1.54, 1.807) is 0 Å². The summed E-state index contributed by atoms with van der Waals surface area (Å²) < 4.78 is 11.0. The Balaban J connectivity index is 1.95. The van der Waals surface area contributed by atoms with Crippen LogP contribution < -0.4 is 4.74 Å². The van der Waals surface area contributed by atoms with Gasteiger partial charge in [0.25, 0.3) is 0 Å². The Bertz CT molecular complexity index is 956. The van der Waals surface area contributed by atoms with Crippen LogP contribution in [-0.4, -0.2) is 16.1 Å². The normalized spacial score (nSPS) is 10.8. The Morgan fingerprint density at radius 3 is 2.42 bits per heavy atom. The molecule has 3 rings (SSSR count). The molecular formula is C21H22N2O3. The van der Waals surface area contributed by atoms with Crippen LogP contribution in [0.3, 0.4) is 0 Å². The smallest absolute Gasteiger partial charge is 0.308 e. The van der Waals surface area contributed by atoms with Crippen LogP contribution in [0, 0.1) is 27.7 Å². The first-order valence-corrected chi connectivity index (χ1v) is 8.53. The summed E-state index contributed by atoms with van der Waals surface area (Å²) in [4.78, 5) is 16.1. The van der Waals surface area contributed by atoms with Crippen LogP contribution in [0.2, 0.25) is 0 Å². The van der Waals surface area contributed by atoms with Gasteiger partial charge in [0, 0.05) is 47.5 Å². The Morgan fingerprint density at radius 1 is 1.08 bits per heavy atom. The summed E-state index contributed by atoms with van der Waals surface area (Å²) in [6.45, 7) is 9.17. The second-order valence-corrected chi connectivity index (χ2v) is 6.53. The Morgan fingerprint density at radius 2 is 1.77 bits per heavy atom. The highest BCUT2D eigenvalue weighted by molar-refractivity contribution is 5.71. The van der Waals surface area contributed by atoms with E-state index in [0.29, 0.717) is 17.9 Å². The van der Waals surface area contributed by atoms with Gasteiger partial charge in [0.15, 0.2) is 5.76 Å². The van der Waals surface area contributed by atoms with Gasteiger partial charge in [-0.1, -0.05) is 35.0 Å². The molecular weight excluding hydrogens is 328 g/mol. The minimum absolute atomic E-state index is 0.347. The molecule has 0 bridgehead atoms. The molecule has 0 spiro atoms. The fourth-order valence-corrected chi connectivity index (χ4v) is 2.88. The number of aromatic nitrogens is 2. The van der Waals surface area contributed by atoms with Crippen LogP contribution >= 0.6 is 0 Å². The van der Waals surface area contributed by atoms with Gasteiger partial charge < -0.3 is 9.26 Å². The van der Waals surface area contributed by atoms with E-state index in [1.165, 1.54) is 12.5 Å². The van der Waals surface area contributed by atoms with Gasteiger partial charge in [-0.3, -0.25) is 9.78 Å². The molecule has 3 aromatic rings. The number of nitrogens with zero attached hydrogens (tertiary/aromatic N) is 2. The molecule has 0 amide bonds. The van der Waals surface area contributed by atoms with E-state index in [9.17, 15) is 4.79 Å². The third kappa shape index (κ3) is 3.67. The third-order valence-electron chi connectivity index (χ3n) is 4.43. The summed E-state index contributed by atoms with van der Waals surface area (Å²) >= 11 is 0. The summed E-state index contributed by atoms with van der Waals surface area (Å²) in [7, 11) is 0. The molecule has 2 heterocycles. The zero-order valence-electron chi connectivity index (χ0n) is 15.7. The molecule has 0 saturated carbocycles. The van der Waals surface area contributed by atoms with Crippen LogP contribution in [0.25, 0.3) is 11.3 Å². The van der Waals surface area contributed by atoms with Crippen molar-refractivity contribution in [3.8, 4) is 17.1 Å². The van der Waals surface area contributed by atoms with E-state index < -0.39 is 0 Å². The van der Waals surface area contributed by atoms with Gasteiger partial charge in [-0.15, -0.1) is 0 Å². The van der Waals surface area contributed by atoms with Crippen molar-refractivity contribution in [2.24, 2.45) is 0 Å². The van der Waals surface area contributed by atoms with Crippen molar-refractivity contribution in [1.29, 1.82) is 0 Å². The number of rotatable bonds is 4. The van der Waals surface area contributed by atoms with Gasteiger partial charge in [-0.25, -0.2) is 0 Å². The van der Waals surface area contributed by atoms with Crippen LogP contribution in [-0.2, 0) is 11.2 Å². The summed E-state index contributed by atoms with van der Waals surface area (Å²) in [5.41, 5.74) is 6.32. The quantitative estimate of drug-likeness (QED) is 0.649. The molecule has 134 valence electrons. The predicted octanol–water partition coefficient (Wildman–Crippen LogP) is 4.49. The lowest BCUT2D eigenvalue weighted by Crippen LogP contribution is -2.10. The average Bonchev–Trinajstić information content (AvgIpc) is 3.05. The van der Waals surface area contributed by atoms with Crippen LogP contribution in [0.5, 0.6) is 5.75 Å². The highest BCUT2D eigenvalue weighted by Gasteiger charge is 2.18. The van der Waals surface area contributed by atoms with E-state index in [4.69, 9.17) is 9.26 Å². The summed E-state index contributed by atoms with van der Waals surface area (Å²) in [5, 5.41) is 4.18. The van der Waals surface area contributed by atoms with Crippen molar-refractivity contribution >= 4 is 5.97 Å². The first-order chi connectivity index (χ1) is 12.3. The first-order valence-electron chi connectivity index (χ1n) is 8.53. The zero-order valence-corrected chi connectivity index (χ0v) is 15.7. The fourth-order valence-electron chi connectivity index (χ4n) is 2.88. The standard InChI is InChI=1S/C21H22N2O3/c1-12-6-8-17(9-7-12)20-11-18(23-26-20)10-19-15(4)22-14(3)13(2)21(19)25-16(5)24/h6-9,11H,10H2,1-5H3. The van der Waals surface area contributed by atoms with Crippen LogP contribution in [0.15, 0.2) is 34.9 Å². The second kappa shape index (κ2) is 7.12. The number of benzene rings is 1. The number of pyridine rings is 1. The number of carbonyl (C=O) groups is 1. The van der Waals surface area contributed by atoms with Gasteiger partial charge >= 0.3 is 5.97 Å². The Labute approximate surface area is 153 Å². The molecule has 0 aliphatic carbocycles. The third-order valence-corrected chi connectivity index (χ3v) is 4.43. The molecule has 0 atom stereocenters. The number of carbonyl (C=O) groups excluding carboxylic acids is 1. The lowest BCUT2D eigenvalue weighted by atomic mass is 10.0. The molecule has 0 saturated heterocycles. The van der Waals surface area contributed by atoms with Gasteiger partial charge in [-0.05, 0) is 27.7 Å². The van der Waals surface area contributed by atoms with Crippen LogP contribution in [0.1, 0.15) is 40.7 Å². The molecule has 0 fully saturated rings. The number of hydrogen-bond acceptors (Lipinski definition) is 5. The van der Waals surface area contributed by atoms with Gasteiger partial charge in [0.1, 0.15) is 5.75 Å². The van der Waals surface area contributed by atoms with Gasteiger partial charge in [-0.2, -0.15) is 0 Å². The molecule has 5 heteroatoms. The van der Waals surface area contributed by atoms with Gasteiger partial charge in [0.2, 0.25) is 0 Å². The molecule has 2 aromatic heterocycles. The second-order valence-electron chi connectivity index (χ2n) is 6.53. The van der Waals surface area contributed by atoms with Crippen molar-refractivity contribution < 1.29 is 14.1 Å². The highest BCUT2D eigenvalue weighted by Crippen LogP contribution is 2.31. The first kappa shape index (κ1) is 17.9. The van der Waals surface area contributed by atoms with E-state index in [-0.39, 0.29) is 5.97 Å². The summed E-state index contributed by atoms with van der Waals surface area (Å²) in [6.07, 6.45) is 0.484. The molecule has 0 aliphatic rings. The molecule has 0 radical (unpaired) electrons. The number of ether oxygens (including phenoxy) is 1. The van der Waals surface area contributed by atoms with E-state index in [2.05, 4.69) is 10.1 Å². The minimum Gasteiger partial charge on any atom is -0.426 e. The molecule has 0 N–H and O–H groups in total. The Kier molecular flexibility index (Phi) is 4.89. The largest absolute Gasteiger partial charge is 0.426 e. The number of esters is 1. The van der Waals surface area contributed by atoms with E-state index in [1.807, 2.05) is 58.0 Å². The summed E-state index contributed by atoms with van der Waals surface area (Å²) in [5.74, 6) is 0.936. The van der Waals surface area contributed by atoms with Crippen molar-refractivity contribution in [2.45, 2.75) is 41.0 Å². The average molecular weight is 350 g/mol. The number of hydrogen-bond donors (Lipinski definition) is 0.